The summed E-state index contributed by atoms with van der Waals surface area (Å²) in [4.78, 5) is 11.4. The summed E-state index contributed by atoms with van der Waals surface area (Å²) in [6.07, 6.45) is 0.210. The Morgan fingerprint density at radius 2 is 2.33 bits per heavy atom. The molecule has 5 heteroatoms. The summed E-state index contributed by atoms with van der Waals surface area (Å²) in [5.41, 5.74) is -0.0256. The SMILES string of the molecule is N#CCCNC(=O)c1cccc(Br)c1F. The second-order valence-electron chi connectivity index (χ2n) is 2.77. The monoisotopic (exact) mass is 270 g/mol. The molecular weight excluding hydrogens is 263 g/mol. The van der Waals surface area contributed by atoms with E-state index >= 15 is 0 Å². The minimum absolute atomic E-state index is 0.0256. The molecule has 0 saturated heterocycles. The molecule has 0 aliphatic heterocycles. The molecule has 15 heavy (non-hydrogen) atoms. The summed E-state index contributed by atoms with van der Waals surface area (Å²) in [6, 6.07) is 6.36. The number of nitrogens with zero attached hydrogens (tertiary/aromatic N) is 1. The summed E-state index contributed by atoms with van der Waals surface area (Å²) in [5, 5.41) is 10.7. The zero-order valence-corrected chi connectivity index (χ0v) is 9.34. The number of hydrogen-bond acceptors (Lipinski definition) is 2. The molecule has 1 aromatic carbocycles. The third kappa shape index (κ3) is 3.03. The molecule has 1 amide bonds. The van der Waals surface area contributed by atoms with Gasteiger partial charge in [-0.15, -0.1) is 0 Å². The molecule has 0 fully saturated rings. The van der Waals surface area contributed by atoms with E-state index in [9.17, 15) is 9.18 Å². The average molecular weight is 271 g/mol. The third-order valence-electron chi connectivity index (χ3n) is 1.72. The number of benzene rings is 1. The van der Waals surface area contributed by atoms with E-state index in [4.69, 9.17) is 5.26 Å². The summed E-state index contributed by atoms with van der Waals surface area (Å²) in [5.74, 6) is -1.10. The summed E-state index contributed by atoms with van der Waals surface area (Å²) in [6.45, 7) is 0.223. The first-order valence-electron chi connectivity index (χ1n) is 4.26. The Balaban J connectivity index is 2.75. The van der Waals surface area contributed by atoms with Crippen LogP contribution in [0.2, 0.25) is 0 Å². The van der Waals surface area contributed by atoms with Gasteiger partial charge in [-0.2, -0.15) is 5.26 Å². The van der Waals surface area contributed by atoms with Gasteiger partial charge >= 0.3 is 0 Å². The van der Waals surface area contributed by atoms with Crippen LogP contribution < -0.4 is 5.32 Å². The molecular formula is C10H8BrFN2O. The lowest BCUT2D eigenvalue weighted by atomic mass is 10.2. The lowest BCUT2D eigenvalue weighted by Gasteiger charge is -2.04. The van der Waals surface area contributed by atoms with Gasteiger partial charge in [0, 0.05) is 6.54 Å². The molecule has 0 atom stereocenters. The van der Waals surface area contributed by atoms with Crippen molar-refractivity contribution in [1.29, 1.82) is 5.26 Å². The largest absolute Gasteiger partial charge is 0.351 e. The van der Waals surface area contributed by atoms with Crippen LogP contribution in [0.1, 0.15) is 16.8 Å². The van der Waals surface area contributed by atoms with Crippen molar-refractivity contribution in [3.63, 3.8) is 0 Å². The fourth-order valence-electron chi connectivity index (χ4n) is 1.01. The number of nitrogens with one attached hydrogen (secondary N) is 1. The molecule has 0 heterocycles. The quantitative estimate of drug-likeness (QED) is 0.857. The Labute approximate surface area is 95.0 Å². The van der Waals surface area contributed by atoms with E-state index in [1.54, 1.807) is 6.07 Å². The van der Waals surface area contributed by atoms with Gasteiger partial charge in [0.25, 0.3) is 5.91 Å². The van der Waals surface area contributed by atoms with Gasteiger partial charge in [0.05, 0.1) is 22.5 Å². The van der Waals surface area contributed by atoms with Crippen molar-refractivity contribution in [2.75, 3.05) is 6.54 Å². The van der Waals surface area contributed by atoms with Gasteiger partial charge in [0.15, 0.2) is 0 Å². The molecule has 3 nitrogen and oxygen atoms in total. The number of nitriles is 1. The highest BCUT2D eigenvalue weighted by atomic mass is 79.9. The molecule has 0 unspecified atom stereocenters. The van der Waals surface area contributed by atoms with Crippen molar-refractivity contribution in [2.24, 2.45) is 0 Å². The Bertz CT molecular complexity index is 414. The second kappa shape index (κ2) is 5.47. The van der Waals surface area contributed by atoms with Crippen molar-refractivity contribution >= 4 is 21.8 Å². The van der Waals surface area contributed by atoms with E-state index < -0.39 is 11.7 Å². The maximum atomic E-state index is 13.4. The van der Waals surface area contributed by atoms with Crippen molar-refractivity contribution in [3.05, 3.63) is 34.1 Å². The highest BCUT2D eigenvalue weighted by Gasteiger charge is 2.12. The molecule has 0 radical (unpaired) electrons. The Morgan fingerprint density at radius 3 is 3.00 bits per heavy atom. The van der Waals surface area contributed by atoms with Crippen LogP contribution in [0, 0.1) is 17.1 Å². The van der Waals surface area contributed by atoms with Crippen molar-refractivity contribution < 1.29 is 9.18 Å². The van der Waals surface area contributed by atoms with Crippen LogP contribution in [0.4, 0.5) is 4.39 Å². The predicted molar refractivity (Wildman–Crippen MR) is 56.7 cm³/mol. The Hall–Kier alpha value is -1.41. The molecule has 78 valence electrons. The zero-order valence-electron chi connectivity index (χ0n) is 7.76. The van der Waals surface area contributed by atoms with E-state index in [1.165, 1.54) is 12.1 Å². The van der Waals surface area contributed by atoms with Crippen LogP contribution in [-0.2, 0) is 0 Å². The van der Waals surface area contributed by atoms with E-state index in [0.717, 1.165) is 0 Å². The molecule has 1 rings (SSSR count). The first kappa shape index (κ1) is 11.7. The highest BCUT2D eigenvalue weighted by Crippen LogP contribution is 2.18. The molecule has 0 aromatic heterocycles. The number of amides is 1. The number of halogens is 2. The summed E-state index contributed by atoms with van der Waals surface area (Å²) in [7, 11) is 0. The van der Waals surface area contributed by atoms with E-state index in [2.05, 4.69) is 21.2 Å². The van der Waals surface area contributed by atoms with Crippen molar-refractivity contribution in [2.45, 2.75) is 6.42 Å². The van der Waals surface area contributed by atoms with Gasteiger partial charge in [-0.05, 0) is 28.1 Å². The van der Waals surface area contributed by atoms with Crippen LogP contribution in [0.15, 0.2) is 22.7 Å². The van der Waals surface area contributed by atoms with Gasteiger partial charge in [-0.1, -0.05) is 6.07 Å². The Morgan fingerprint density at radius 1 is 1.60 bits per heavy atom. The molecule has 1 aromatic rings. The van der Waals surface area contributed by atoms with Gasteiger partial charge in [-0.3, -0.25) is 4.79 Å². The van der Waals surface area contributed by atoms with Crippen LogP contribution in [0.25, 0.3) is 0 Å². The minimum atomic E-state index is -0.591. The van der Waals surface area contributed by atoms with Crippen LogP contribution in [-0.4, -0.2) is 12.5 Å². The number of carbonyl (C=O) groups excluding carboxylic acids is 1. The number of rotatable bonds is 3. The fourth-order valence-corrected chi connectivity index (χ4v) is 1.37. The van der Waals surface area contributed by atoms with Gasteiger partial charge < -0.3 is 5.32 Å². The zero-order chi connectivity index (χ0) is 11.3. The fraction of sp³-hybridized carbons (Fsp3) is 0.200. The predicted octanol–water partition coefficient (Wildman–Crippen LogP) is 2.23. The average Bonchev–Trinajstić information content (AvgIpc) is 2.22. The van der Waals surface area contributed by atoms with Gasteiger partial charge in [0.1, 0.15) is 5.82 Å². The highest BCUT2D eigenvalue weighted by molar-refractivity contribution is 9.10. The summed E-state index contributed by atoms with van der Waals surface area (Å²) < 4.78 is 13.6. The first-order valence-corrected chi connectivity index (χ1v) is 5.05. The standard InChI is InChI=1S/C10H8BrFN2O/c11-8-4-1-3-7(9(8)12)10(15)14-6-2-5-13/h1,3-4H,2,6H2,(H,14,15). The number of carbonyl (C=O) groups is 1. The van der Waals surface area contributed by atoms with E-state index in [-0.39, 0.29) is 23.0 Å². The molecule has 0 saturated carbocycles. The van der Waals surface area contributed by atoms with E-state index in [0.29, 0.717) is 0 Å². The Kier molecular flexibility index (Phi) is 4.25. The molecule has 0 spiro atoms. The molecule has 0 aliphatic carbocycles. The lowest BCUT2D eigenvalue weighted by molar-refractivity contribution is 0.0950. The topological polar surface area (TPSA) is 52.9 Å². The van der Waals surface area contributed by atoms with Crippen LogP contribution in [0.5, 0.6) is 0 Å². The molecule has 0 bridgehead atoms. The first-order chi connectivity index (χ1) is 7.16. The minimum Gasteiger partial charge on any atom is -0.351 e. The normalized spacial score (nSPS) is 9.40. The lowest BCUT2D eigenvalue weighted by Crippen LogP contribution is -2.25. The van der Waals surface area contributed by atoms with Crippen LogP contribution in [0.3, 0.4) is 0 Å². The molecule has 0 aliphatic rings. The molecule has 1 N–H and O–H groups in total. The van der Waals surface area contributed by atoms with Crippen molar-refractivity contribution in [1.82, 2.24) is 5.32 Å². The van der Waals surface area contributed by atoms with Gasteiger partial charge in [-0.25, -0.2) is 4.39 Å². The maximum Gasteiger partial charge on any atom is 0.254 e. The third-order valence-corrected chi connectivity index (χ3v) is 2.33. The van der Waals surface area contributed by atoms with Gasteiger partial charge in [0.2, 0.25) is 0 Å². The summed E-state index contributed by atoms with van der Waals surface area (Å²) >= 11 is 2.99. The van der Waals surface area contributed by atoms with Crippen LogP contribution >= 0.6 is 15.9 Å². The smallest absolute Gasteiger partial charge is 0.254 e. The van der Waals surface area contributed by atoms with Crippen molar-refractivity contribution in [3.8, 4) is 6.07 Å². The van der Waals surface area contributed by atoms with E-state index in [1.807, 2.05) is 6.07 Å². The number of hydrogen-bond donors (Lipinski definition) is 1. The second-order valence-corrected chi connectivity index (χ2v) is 3.62. The maximum absolute atomic E-state index is 13.4.